The van der Waals surface area contributed by atoms with E-state index in [1.54, 1.807) is 4.90 Å². The fourth-order valence-corrected chi connectivity index (χ4v) is 3.71. The lowest BCUT2D eigenvalue weighted by molar-refractivity contribution is 0.208. The van der Waals surface area contributed by atoms with Gasteiger partial charge < -0.3 is 20.9 Å². The van der Waals surface area contributed by atoms with E-state index in [0.29, 0.717) is 26.2 Å². The van der Waals surface area contributed by atoms with E-state index in [9.17, 15) is 4.79 Å². The molecule has 9 nitrogen and oxygen atoms in total. The highest BCUT2D eigenvalue weighted by molar-refractivity contribution is 7.00. The van der Waals surface area contributed by atoms with Crippen LogP contribution in [-0.2, 0) is 0 Å². The summed E-state index contributed by atoms with van der Waals surface area (Å²) in [5, 5.41) is 3.01. The predicted molar refractivity (Wildman–Crippen MR) is 106 cm³/mol. The first-order chi connectivity index (χ1) is 13.0. The van der Waals surface area contributed by atoms with Gasteiger partial charge in [-0.25, -0.2) is 9.78 Å². The molecular formula is C17H20N8OS. The molecule has 27 heavy (non-hydrogen) atoms. The Bertz CT molecular complexity index is 976. The van der Waals surface area contributed by atoms with Crippen LogP contribution in [0.3, 0.4) is 0 Å². The van der Waals surface area contributed by atoms with Crippen molar-refractivity contribution in [2.24, 2.45) is 0 Å². The third-order valence-electron chi connectivity index (χ3n) is 4.62. The molecule has 0 unspecified atom stereocenters. The van der Waals surface area contributed by atoms with Gasteiger partial charge in [0.2, 0.25) is 5.95 Å². The van der Waals surface area contributed by atoms with Crippen molar-refractivity contribution in [2.45, 2.75) is 13.8 Å². The van der Waals surface area contributed by atoms with E-state index in [-0.39, 0.29) is 12.0 Å². The number of nitrogens with zero attached hydrogens (tertiary/aromatic N) is 6. The first-order valence-electron chi connectivity index (χ1n) is 8.65. The van der Waals surface area contributed by atoms with Crippen molar-refractivity contribution < 1.29 is 4.79 Å². The largest absolute Gasteiger partial charge is 0.368 e. The molecule has 1 aliphatic heterocycles. The van der Waals surface area contributed by atoms with Crippen LogP contribution in [0, 0.1) is 13.8 Å². The van der Waals surface area contributed by atoms with Crippen LogP contribution in [0.5, 0.6) is 0 Å². The number of rotatable bonds is 2. The van der Waals surface area contributed by atoms with Gasteiger partial charge in [0.15, 0.2) is 0 Å². The highest BCUT2D eigenvalue weighted by atomic mass is 32.1. The molecule has 10 heteroatoms. The Balaban J connectivity index is 1.44. The van der Waals surface area contributed by atoms with Gasteiger partial charge in [-0.15, -0.1) is 0 Å². The van der Waals surface area contributed by atoms with Gasteiger partial charge in [-0.05, 0) is 25.5 Å². The first kappa shape index (κ1) is 17.4. The monoisotopic (exact) mass is 384 g/mol. The van der Waals surface area contributed by atoms with Gasteiger partial charge in [-0.1, -0.05) is 6.07 Å². The maximum absolute atomic E-state index is 12.7. The number of nitrogen functional groups attached to an aromatic ring is 1. The van der Waals surface area contributed by atoms with Crippen molar-refractivity contribution in [1.29, 1.82) is 0 Å². The molecule has 0 atom stereocenters. The molecule has 140 valence electrons. The number of hydrogen-bond donors (Lipinski definition) is 2. The zero-order chi connectivity index (χ0) is 19.0. The Morgan fingerprint density at radius 2 is 1.93 bits per heavy atom. The number of amides is 2. The number of piperazine rings is 1. The van der Waals surface area contributed by atoms with Crippen molar-refractivity contribution in [3.05, 3.63) is 29.5 Å². The fraction of sp³-hybridized carbons (Fsp3) is 0.353. The number of aromatic nitrogens is 4. The molecule has 0 saturated carbocycles. The summed E-state index contributed by atoms with van der Waals surface area (Å²) < 4.78 is 8.54. The quantitative estimate of drug-likeness (QED) is 0.695. The van der Waals surface area contributed by atoms with Gasteiger partial charge in [-0.3, -0.25) is 0 Å². The van der Waals surface area contributed by atoms with Crippen molar-refractivity contribution in [3.63, 3.8) is 0 Å². The third kappa shape index (κ3) is 3.47. The van der Waals surface area contributed by atoms with Crippen LogP contribution >= 0.6 is 11.7 Å². The molecule has 3 heterocycles. The van der Waals surface area contributed by atoms with E-state index < -0.39 is 0 Å². The van der Waals surface area contributed by atoms with Crippen molar-refractivity contribution in [3.8, 4) is 0 Å². The summed E-state index contributed by atoms with van der Waals surface area (Å²) in [6.45, 7) is 6.41. The number of benzene rings is 1. The van der Waals surface area contributed by atoms with Crippen molar-refractivity contribution in [1.82, 2.24) is 23.6 Å². The lowest BCUT2D eigenvalue weighted by atomic mass is 10.1. The summed E-state index contributed by atoms with van der Waals surface area (Å²) in [7, 11) is 0. The Morgan fingerprint density at radius 3 is 2.67 bits per heavy atom. The summed E-state index contributed by atoms with van der Waals surface area (Å²) in [5.41, 5.74) is 9.80. The molecule has 3 aromatic rings. The van der Waals surface area contributed by atoms with E-state index in [1.165, 1.54) is 0 Å². The summed E-state index contributed by atoms with van der Waals surface area (Å²) >= 11 is 1.14. The van der Waals surface area contributed by atoms with Crippen LogP contribution in [0.15, 0.2) is 18.2 Å². The molecule has 1 aromatic carbocycles. The van der Waals surface area contributed by atoms with Crippen LogP contribution in [0.1, 0.15) is 11.3 Å². The second kappa shape index (κ2) is 6.95. The summed E-state index contributed by atoms with van der Waals surface area (Å²) in [6, 6.07) is 5.64. The first-order valence-corrected chi connectivity index (χ1v) is 9.38. The minimum Gasteiger partial charge on any atom is -0.368 e. The summed E-state index contributed by atoms with van der Waals surface area (Å²) in [4.78, 5) is 25.1. The van der Waals surface area contributed by atoms with Gasteiger partial charge >= 0.3 is 6.03 Å². The zero-order valence-electron chi connectivity index (χ0n) is 15.1. The Kier molecular flexibility index (Phi) is 4.48. The Morgan fingerprint density at radius 1 is 1.15 bits per heavy atom. The van der Waals surface area contributed by atoms with Gasteiger partial charge in [0.1, 0.15) is 16.9 Å². The van der Waals surface area contributed by atoms with Gasteiger partial charge in [0.25, 0.3) is 0 Å². The normalized spacial score (nSPS) is 14.6. The minimum absolute atomic E-state index is 0.128. The number of hydrogen-bond acceptors (Lipinski definition) is 8. The van der Waals surface area contributed by atoms with Crippen LogP contribution < -0.4 is 16.0 Å². The summed E-state index contributed by atoms with van der Waals surface area (Å²) in [5.74, 6) is 1.07. The smallest absolute Gasteiger partial charge is 0.322 e. The molecule has 1 fully saturated rings. The predicted octanol–water partition coefficient (Wildman–Crippen LogP) is 2.03. The minimum atomic E-state index is -0.128. The van der Waals surface area contributed by atoms with Gasteiger partial charge in [0.05, 0.1) is 17.4 Å². The summed E-state index contributed by atoms with van der Waals surface area (Å²) in [6.07, 6.45) is 0. The Hall–Kier alpha value is -3.01. The number of aryl methyl sites for hydroxylation is 2. The second-order valence-electron chi connectivity index (χ2n) is 6.52. The molecule has 0 aliphatic carbocycles. The molecule has 1 aliphatic rings. The Labute approximate surface area is 160 Å². The number of anilines is 3. The molecule has 3 N–H and O–H groups in total. The number of nitrogens with two attached hydrogens (primary N) is 1. The maximum Gasteiger partial charge on any atom is 0.322 e. The number of carbonyl (C=O) groups excluding carboxylic acids is 1. The zero-order valence-corrected chi connectivity index (χ0v) is 16.0. The number of fused-ring (bicyclic) bond motifs is 1. The van der Waals surface area contributed by atoms with Crippen LogP contribution in [0.2, 0.25) is 0 Å². The van der Waals surface area contributed by atoms with E-state index >= 15 is 0 Å². The molecule has 0 spiro atoms. The van der Waals surface area contributed by atoms with E-state index in [0.717, 1.165) is 45.5 Å². The SMILES string of the molecule is Cc1cc(N2CCN(C(=O)Nc3c(C)ccc4nsnc34)CC2)nc(N)n1. The standard InChI is InChI=1S/C17H20N8OS/c1-10-3-4-12-15(23-27-22-12)14(10)21-17(26)25-7-5-24(6-8-25)13-9-11(2)19-16(18)20-13/h3-4,9H,5-8H2,1-2H3,(H,21,26)(H2,18,19,20). The number of urea groups is 1. The molecule has 2 amide bonds. The highest BCUT2D eigenvalue weighted by Crippen LogP contribution is 2.26. The molecule has 0 bridgehead atoms. The maximum atomic E-state index is 12.7. The van der Waals surface area contributed by atoms with E-state index in [4.69, 9.17) is 5.73 Å². The third-order valence-corrected chi connectivity index (χ3v) is 5.16. The van der Waals surface area contributed by atoms with Gasteiger partial charge in [0, 0.05) is 37.9 Å². The lowest BCUT2D eigenvalue weighted by Crippen LogP contribution is -2.50. The topological polar surface area (TPSA) is 113 Å². The number of carbonyl (C=O) groups is 1. The lowest BCUT2D eigenvalue weighted by Gasteiger charge is -2.35. The van der Waals surface area contributed by atoms with Gasteiger partial charge in [-0.2, -0.15) is 13.7 Å². The second-order valence-corrected chi connectivity index (χ2v) is 7.05. The van der Waals surface area contributed by atoms with Crippen molar-refractivity contribution in [2.75, 3.05) is 42.1 Å². The van der Waals surface area contributed by atoms with Crippen LogP contribution in [-0.4, -0.2) is 55.8 Å². The molecule has 4 rings (SSSR count). The molecule has 2 aromatic heterocycles. The van der Waals surface area contributed by atoms with E-state index in [2.05, 4.69) is 28.9 Å². The average Bonchev–Trinajstić information content (AvgIpc) is 3.12. The average molecular weight is 384 g/mol. The van der Waals surface area contributed by atoms with Crippen molar-refractivity contribution >= 4 is 46.2 Å². The van der Waals surface area contributed by atoms with Crippen LogP contribution in [0.25, 0.3) is 11.0 Å². The molecule has 0 radical (unpaired) electrons. The highest BCUT2D eigenvalue weighted by Gasteiger charge is 2.23. The molecular weight excluding hydrogens is 364 g/mol. The fourth-order valence-electron chi connectivity index (χ4n) is 3.17. The molecule has 1 saturated heterocycles. The van der Waals surface area contributed by atoms with Crippen LogP contribution in [0.4, 0.5) is 22.2 Å². The number of nitrogens with one attached hydrogen (secondary N) is 1. The van der Waals surface area contributed by atoms with E-state index in [1.807, 2.05) is 32.0 Å².